The van der Waals surface area contributed by atoms with E-state index in [4.69, 9.17) is 4.74 Å². The van der Waals surface area contributed by atoms with Gasteiger partial charge in [-0.1, -0.05) is 48.5 Å². The molecule has 3 aromatic rings. The lowest BCUT2D eigenvalue weighted by atomic mass is 10.1. The number of nitrogens with zero attached hydrogens (tertiary/aromatic N) is 2. The Bertz CT molecular complexity index is 1080. The van der Waals surface area contributed by atoms with E-state index in [2.05, 4.69) is 10.2 Å². The van der Waals surface area contributed by atoms with Crippen LogP contribution < -0.4 is 10.1 Å². The van der Waals surface area contributed by atoms with E-state index in [1.54, 1.807) is 30.3 Å². The Hall–Kier alpha value is -3.64. The second-order valence-corrected chi connectivity index (χ2v) is 7.90. The van der Waals surface area contributed by atoms with Crippen LogP contribution in [0.2, 0.25) is 0 Å². The smallest absolute Gasteiger partial charge is 0.256 e. The van der Waals surface area contributed by atoms with E-state index in [0.29, 0.717) is 42.3 Å². The van der Waals surface area contributed by atoms with E-state index in [9.17, 15) is 9.59 Å². The van der Waals surface area contributed by atoms with Crippen LogP contribution in [-0.4, -0.2) is 54.8 Å². The molecule has 6 heteroatoms. The minimum absolute atomic E-state index is 0.0612. The number of hydrogen-bond acceptors (Lipinski definition) is 4. The highest BCUT2D eigenvalue weighted by atomic mass is 16.5. The van der Waals surface area contributed by atoms with Crippen LogP contribution in [0, 0.1) is 0 Å². The Morgan fingerprint density at radius 2 is 1.59 bits per heavy atom. The van der Waals surface area contributed by atoms with Gasteiger partial charge in [0.2, 0.25) is 0 Å². The molecule has 0 bridgehead atoms. The summed E-state index contributed by atoms with van der Waals surface area (Å²) in [6.45, 7) is 3.47. The number of amides is 2. The number of benzene rings is 3. The highest BCUT2D eigenvalue weighted by molar-refractivity contribution is 6.09. The zero-order valence-electron chi connectivity index (χ0n) is 18.2. The van der Waals surface area contributed by atoms with E-state index >= 15 is 0 Å². The third-order valence-electron chi connectivity index (χ3n) is 5.54. The van der Waals surface area contributed by atoms with Crippen molar-refractivity contribution >= 4 is 17.5 Å². The number of hydrogen-bond donors (Lipinski definition) is 1. The molecule has 0 unspecified atom stereocenters. The summed E-state index contributed by atoms with van der Waals surface area (Å²) in [4.78, 5) is 30.0. The highest BCUT2D eigenvalue weighted by Crippen LogP contribution is 2.21. The van der Waals surface area contributed by atoms with Crippen LogP contribution in [0.3, 0.4) is 0 Å². The van der Waals surface area contributed by atoms with Crippen molar-refractivity contribution in [2.24, 2.45) is 0 Å². The average Bonchev–Trinajstić information content (AvgIpc) is 2.84. The molecule has 32 heavy (non-hydrogen) atoms. The van der Waals surface area contributed by atoms with Gasteiger partial charge in [-0.15, -0.1) is 0 Å². The van der Waals surface area contributed by atoms with Gasteiger partial charge in [0.25, 0.3) is 11.8 Å². The molecule has 1 aliphatic heterocycles. The van der Waals surface area contributed by atoms with Gasteiger partial charge in [0, 0.05) is 31.7 Å². The van der Waals surface area contributed by atoms with Crippen LogP contribution in [0.15, 0.2) is 78.9 Å². The molecule has 1 fully saturated rings. The number of piperazine rings is 1. The summed E-state index contributed by atoms with van der Waals surface area (Å²) in [6.07, 6.45) is 0. The fourth-order valence-corrected chi connectivity index (χ4v) is 3.62. The van der Waals surface area contributed by atoms with Crippen molar-refractivity contribution in [3.63, 3.8) is 0 Å². The summed E-state index contributed by atoms with van der Waals surface area (Å²) < 4.78 is 5.84. The number of anilines is 1. The van der Waals surface area contributed by atoms with Crippen molar-refractivity contribution in [2.45, 2.75) is 6.61 Å². The van der Waals surface area contributed by atoms with Crippen LogP contribution in [0.4, 0.5) is 5.69 Å². The molecule has 6 nitrogen and oxygen atoms in total. The fourth-order valence-electron chi connectivity index (χ4n) is 3.62. The van der Waals surface area contributed by atoms with Gasteiger partial charge in [-0.05, 0) is 42.9 Å². The number of nitrogens with one attached hydrogen (secondary N) is 1. The molecule has 2 amide bonds. The van der Waals surface area contributed by atoms with Gasteiger partial charge in [-0.25, -0.2) is 0 Å². The van der Waals surface area contributed by atoms with Crippen molar-refractivity contribution in [2.75, 3.05) is 38.5 Å². The lowest BCUT2D eigenvalue weighted by Crippen LogP contribution is -2.47. The lowest BCUT2D eigenvalue weighted by molar-refractivity contribution is 0.0665. The summed E-state index contributed by atoms with van der Waals surface area (Å²) in [5, 5.41) is 2.90. The normalized spacial score (nSPS) is 14.1. The maximum Gasteiger partial charge on any atom is 0.256 e. The quantitative estimate of drug-likeness (QED) is 0.646. The zero-order chi connectivity index (χ0) is 22.3. The molecule has 164 valence electrons. The van der Waals surface area contributed by atoms with E-state index < -0.39 is 0 Å². The van der Waals surface area contributed by atoms with Gasteiger partial charge < -0.3 is 19.9 Å². The number of carbonyl (C=O) groups excluding carboxylic acids is 2. The molecule has 0 saturated carbocycles. The Labute approximate surface area is 188 Å². The third-order valence-corrected chi connectivity index (χ3v) is 5.54. The molecule has 1 N–H and O–H groups in total. The number of rotatable bonds is 6. The van der Waals surface area contributed by atoms with Crippen molar-refractivity contribution in [3.05, 3.63) is 95.6 Å². The first-order chi connectivity index (χ1) is 15.6. The molecular formula is C26H27N3O3. The minimum atomic E-state index is -0.284. The Morgan fingerprint density at radius 1 is 0.875 bits per heavy atom. The first-order valence-electron chi connectivity index (χ1n) is 10.7. The molecule has 1 saturated heterocycles. The van der Waals surface area contributed by atoms with Crippen LogP contribution in [0.5, 0.6) is 5.75 Å². The molecule has 0 aromatic heterocycles. The molecule has 1 aliphatic rings. The summed E-state index contributed by atoms with van der Waals surface area (Å²) in [6, 6.07) is 24.1. The van der Waals surface area contributed by atoms with Gasteiger partial charge in [-0.3, -0.25) is 9.59 Å². The zero-order valence-corrected chi connectivity index (χ0v) is 18.2. The van der Waals surface area contributed by atoms with Crippen LogP contribution in [-0.2, 0) is 6.61 Å². The standard InChI is InChI=1S/C26H27N3O3/c1-28-14-16-29(17-15-28)26(31)23-12-5-6-13-24(23)27-25(30)21-10-7-11-22(18-21)32-19-20-8-3-2-4-9-20/h2-13,18H,14-17,19H2,1H3,(H,27,30). The molecule has 4 rings (SSSR count). The molecule has 3 aromatic carbocycles. The topological polar surface area (TPSA) is 61.9 Å². The monoisotopic (exact) mass is 429 g/mol. The predicted octanol–water partition coefficient (Wildman–Crippen LogP) is 3.91. The number of likely N-dealkylation sites (N-methyl/N-ethyl adjacent to an activating group) is 1. The van der Waals surface area contributed by atoms with Gasteiger partial charge in [0.15, 0.2) is 0 Å². The van der Waals surface area contributed by atoms with E-state index in [1.807, 2.05) is 60.5 Å². The number of carbonyl (C=O) groups is 2. The Balaban J connectivity index is 1.44. The summed E-state index contributed by atoms with van der Waals surface area (Å²) >= 11 is 0. The molecule has 0 radical (unpaired) electrons. The van der Waals surface area contributed by atoms with Crippen LogP contribution in [0.1, 0.15) is 26.3 Å². The SMILES string of the molecule is CN1CCN(C(=O)c2ccccc2NC(=O)c2cccc(OCc3ccccc3)c2)CC1. The average molecular weight is 430 g/mol. The number of para-hydroxylation sites is 1. The van der Waals surface area contributed by atoms with Crippen LogP contribution in [0.25, 0.3) is 0 Å². The first kappa shape index (κ1) is 21.6. The van der Waals surface area contributed by atoms with Crippen LogP contribution >= 0.6 is 0 Å². The maximum atomic E-state index is 13.1. The third kappa shape index (κ3) is 5.34. The summed E-state index contributed by atoms with van der Waals surface area (Å²) in [5.74, 6) is 0.269. The minimum Gasteiger partial charge on any atom is -0.489 e. The molecule has 0 atom stereocenters. The van der Waals surface area contributed by atoms with Crippen molar-refractivity contribution in [3.8, 4) is 5.75 Å². The second kappa shape index (κ2) is 10.1. The largest absolute Gasteiger partial charge is 0.489 e. The molecule has 0 aliphatic carbocycles. The highest BCUT2D eigenvalue weighted by Gasteiger charge is 2.23. The van der Waals surface area contributed by atoms with Gasteiger partial charge >= 0.3 is 0 Å². The maximum absolute atomic E-state index is 13.1. The van der Waals surface area contributed by atoms with Crippen molar-refractivity contribution in [1.82, 2.24) is 9.80 Å². The molecular weight excluding hydrogens is 402 g/mol. The molecule has 0 spiro atoms. The second-order valence-electron chi connectivity index (χ2n) is 7.90. The lowest BCUT2D eigenvalue weighted by Gasteiger charge is -2.32. The molecule has 1 heterocycles. The van der Waals surface area contributed by atoms with E-state index in [-0.39, 0.29) is 11.8 Å². The summed E-state index contributed by atoms with van der Waals surface area (Å²) in [7, 11) is 2.05. The van der Waals surface area contributed by atoms with Gasteiger partial charge in [0.1, 0.15) is 12.4 Å². The van der Waals surface area contributed by atoms with Crippen molar-refractivity contribution in [1.29, 1.82) is 0 Å². The summed E-state index contributed by atoms with van der Waals surface area (Å²) in [5.41, 5.74) is 2.54. The van der Waals surface area contributed by atoms with Gasteiger partial charge in [-0.2, -0.15) is 0 Å². The van der Waals surface area contributed by atoms with Gasteiger partial charge in [0.05, 0.1) is 11.3 Å². The fraction of sp³-hybridized carbons (Fsp3) is 0.231. The number of ether oxygens (including phenoxy) is 1. The Morgan fingerprint density at radius 3 is 2.38 bits per heavy atom. The van der Waals surface area contributed by atoms with E-state index in [0.717, 1.165) is 18.7 Å². The Kier molecular flexibility index (Phi) is 6.82. The van der Waals surface area contributed by atoms with Crippen molar-refractivity contribution < 1.29 is 14.3 Å². The first-order valence-corrected chi connectivity index (χ1v) is 10.7. The predicted molar refractivity (Wildman–Crippen MR) is 125 cm³/mol. The van der Waals surface area contributed by atoms with E-state index in [1.165, 1.54) is 0 Å².